The summed E-state index contributed by atoms with van der Waals surface area (Å²) in [5.74, 6) is 1.26. The van der Waals surface area contributed by atoms with E-state index < -0.39 is 6.10 Å². The number of nitrogens with zero attached hydrogens (tertiary/aromatic N) is 5. The molecule has 0 aliphatic rings. The topological polar surface area (TPSA) is 80.2 Å². The Hall–Kier alpha value is -3.19. The quantitative estimate of drug-likeness (QED) is 0.576. The Kier molecular flexibility index (Phi) is 4.37. The van der Waals surface area contributed by atoms with E-state index in [1.54, 1.807) is 29.3 Å². The van der Waals surface area contributed by atoms with Gasteiger partial charge in [0.2, 0.25) is 0 Å². The van der Waals surface area contributed by atoms with Crippen molar-refractivity contribution in [1.29, 1.82) is 0 Å². The van der Waals surface area contributed by atoms with Crippen LogP contribution in [0.25, 0.3) is 11.0 Å². The van der Waals surface area contributed by atoms with Gasteiger partial charge in [-0.1, -0.05) is 30.3 Å². The van der Waals surface area contributed by atoms with Crippen LogP contribution in [-0.2, 0) is 13.6 Å². The van der Waals surface area contributed by atoms with E-state index >= 15 is 0 Å². The Bertz CT molecular complexity index is 982. The Morgan fingerprint density at radius 1 is 1.15 bits per heavy atom. The van der Waals surface area contributed by atoms with Crippen LogP contribution in [0.2, 0.25) is 0 Å². The molecule has 7 nitrogen and oxygen atoms in total. The second kappa shape index (κ2) is 6.97. The molecule has 0 aliphatic carbocycles. The number of aliphatic hydroxyl groups is 1. The molecule has 0 fully saturated rings. The van der Waals surface area contributed by atoms with Crippen LogP contribution in [0.4, 0.5) is 5.82 Å². The highest BCUT2D eigenvalue weighted by atomic mass is 16.4. The Balaban J connectivity index is 1.71. The van der Waals surface area contributed by atoms with Gasteiger partial charge in [-0.05, 0) is 17.7 Å². The molecular formula is C19H19N5O2. The molecule has 0 bridgehead atoms. The molecule has 0 saturated heterocycles. The summed E-state index contributed by atoms with van der Waals surface area (Å²) in [6, 6.07) is 13.6. The molecule has 4 rings (SSSR count). The van der Waals surface area contributed by atoms with E-state index in [-0.39, 0.29) is 0 Å². The van der Waals surface area contributed by atoms with Gasteiger partial charge in [-0.3, -0.25) is 4.68 Å². The van der Waals surface area contributed by atoms with Crippen LogP contribution in [0, 0.1) is 0 Å². The van der Waals surface area contributed by atoms with Gasteiger partial charge < -0.3 is 14.4 Å². The number of anilines is 1. The monoisotopic (exact) mass is 349 g/mol. The Labute approximate surface area is 150 Å². The molecular weight excluding hydrogens is 330 g/mol. The molecule has 0 saturated carbocycles. The normalized spacial score (nSPS) is 12.4. The van der Waals surface area contributed by atoms with E-state index in [1.165, 1.54) is 6.33 Å². The fourth-order valence-electron chi connectivity index (χ4n) is 3.01. The van der Waals surface area contributed by atoms with Crippen molar-refractivity contribution in [3.05, 3.63) is 72.6 Å². The first kappa shape index (κ1) is 16.3. The number of aliphatic hydroxyl groups excluding tert-OH is 1. The van der Waals surface area contributed by atoms with Gasteiger partial charge in [-0.2, -0.15) is 5.10 Å². The Morgan fingerprint density at radius 3 is 2.77 bits per heavy atom. The van der Waals surface area contributed by atoms with E-state index in [1.807, 2.05) is 42.3 Å². The summed E-state index contributed by atoms with van der Waals surface area (Å²) in [5, 5.41) is 15.7. The number of fused-ring (bicyclic) bond motifs is 1. The van der Waals surface area contributed by atoms with E-state index in [4.69, 9.17) is 4.42 Å². The molecule has 0 radical (unpaired) electrons. The predicted molar refractivity (Wildman–Crippen MR) is 97.5 cm³/mol. The fourth-order valence-corrected chi connectivity index (χ4v) is 3.01. The van der Waals surface area contributed by atoms with Gasteiger partial charge in [-0.25, -0.2) is 9.97 Å². The van der Waals surface area contributed by atoms with Crippen LogP contribution in [0.5, 0.6) is 0 Å². The summed E-state index contributed by atoms with van der Waals surface area (Å²) in [4.78, 5) is 10.8. The maximum Gasteiger partial charge on any atom is 0.163 e. The molecule has 1 aromatic carbocycles. The van der Waals surface area contributed by atoms with Crippen molar-refractivity contribution in [2.45, 2.75) is 12.6 Å². The summed E-state index contributed by atoms with van der Waals surface area (Å²) in [6.45, 7) is 0.934. The summed E-state index contributed by atoms with van der Waals surface area (Å²) >= 11 is 0. The first-order chi connectivity index (χ1) is 12.7. The molecule has 0 amide bonds. The van der Waals surface area contributed by atoms with E-state index in [0.29, 0.717) is 18.8 Å². The number of rotatable bonds is 6. The highest BCUT2D eigenvalue weighted by Gasteiger charge is 2.20. The largest absolute Gasteiger partial charge is 0.467 e. The van der Waals surface area contributed by atoms with E-state index in [9.17, 15) is 5.11 Å². The number of hydrogen-bond donors (Lipinski definition) is 1. The number of furan rings is 1. The predicted octanol–water partition coefficient (Wildman–Crippen LogP) is 2.70. The molecule has 7 heteroatoms. The van der Waals surface area contributed by atoms with Gasteiger partial charge in [0.15, 0.2) is 5.65 Å². The van der Waals surface area contributed by atoms with Gasteiger partial charge in [0.25, 0.3) is 0 Å². The van der Waals surface area contributed by atoms with Gasteiger partial charge in [0.05, 0.1) is 24.4 Å². The first-order valence-corrected chi connectivity index (χ1v) is 8.35. The van der Waals surface area contributed by atoms with Crippen LogP contribution in [0.3, 0.4) is 0 Å². The molecule has 4 aromatic rings. The lowest BCUT2D eigenvalue weighted by molar-refractivity contribution is 0.154. The maximum atomic E-state index is 10.6. The molecule has 3 aromatic heterocycles. The van der Waals surface area contributed by atoms with Crippen molar-refractivity contribution >= 4 is 16.9 Å². The minimum absolute atomic E-state index is 0.337. The van der Waals surface area contributed by atoms with Crippen molar-refractivity contribution in [2.75, 3.05) is 11.4 Å². The van der Waals surface area contributed by atoms with Gasteiger partial charge in [0, 0.05) is 13.6 Å². The highest BCUT2D eigenvalue weighted by molar-refractivity contribution is 5.86. The summed E-state index contributed by atoms with van der Waals surface area (Å²) < 4.78 is 7.06. The number of aromatic nitrogens is 4. The highest BCUT2D eigenvalue weighted by Crippen LogP contribution is 2.26. The summed E-state index contributed by atoms with van der Waals surface area (Å²) in [6.07, 6.45) is 4.07. The third-order valence-electron chi connectivity index (χ3n) is 4.29. The van der Waals surface area contributed by atoms with Crippen molar-refractivity contribution in [3.8, 4) is 0 Å². The zero-order chi connectivity index (χ0) is 17.9. The van der Waals surface area contributed by atoms with Gasteiger partial charge in [-0.15, -0.1) is 0 Å². The van der Waals surface area contributed by atoms with Crippen molar-refractivity contribution in [3.63, 3.8) is 0 Å². The summed E-state index contributed by atoms with van der Waals surface area (Å²) in [7, 11) is 1.85. The zero-order valence-electron chi connectivity index (χ0n) is 14.4. The van der Waals surface area contributed by atoms with Crippen LogP contribution in [0.1, 0.15) is 17.4 Å². The lowest BCUT2D eigenvalue weighted by Crippen LogP contribution is -2.29. The third-order valence-corrected chi connectivity index (χ3v) is 4.29. The van der Waals surface area contributed by atoms with Crippen molar-refractivity contribution in [2.24, 2.45) is 7.05 Å². The van der Waals surface area contributed by atoms with Crippen LogP contribution in [0.15, 0.2) is 65.7 Å². The molecule has 0 spiro atoms. The number of aryl methyl sites for hydroxylation is 1. The third kappa shape index (κ3) is 3.16. The Morgan fingerprint density at radius 2 is 2.00 bits per heavy atom. The second-order valence-corrected chi connectivity index (χ2v) is 6.10. The standard InChI is InChI=1S/C19H19N5O2/c1-23-18-15(10-22-23)19(21-13-20-18)24(11-14-6-3-2-4-7-14)12-16(25)17-8-5-9-26-17/h2-10,13,16,25H,11-12H2,1H3. The summed E-state index contributed by atoms with van der Waals surface area (Å²) in [5.41, 5.74) is 1.87. The smallest absolute Gasteiger partial charge is 0.163 e. The first-order valence-electron chi connectivity index (χ1n) is 8.35. The number of hydrogen-bond acceptors (Lipinski definition) is 6. The molecule has 0 aliphatic heterocycles. The maximum absolute atomic E-state index is 10.6. The fraction of sp³-hybridized carbons (Fsp3) is 0.211. The van der Waals surface area contributed by atoms with E-state index in [2.05, 4.69) is 15.1 Å². The lowest BCUT2D eigenvalue weighted by Gasteiger charge is -2.26. The van der Waals surface area contributed by atoms with E-state index in [0.717, 1.165) is 22.4 Å². The van der Waals surface area contributed by atoms with Crippen molar-refractivity contribution in [1.82, 2.24) is 19.7 Å². The SMILES string of the molecule is Cn1ncc2c(N(Cc3ccccc3)CC(O)c3ccco3)ncnc21. The van der Waals surface area contributed by atoms with Gasteiger partial charge >= 0.3 is 0 Å². The van der Waals surface area contributed by atoms with Gasteiger partial charge in [0.1, 0.15) is 24.0 Å². The van der Waals surface area contributed by atoms with Crippen LogP contribution < -0.4 is 4.90 Å². The van der Waals surface area contributed by atoms with Crippen LogP contribution in [-0.4, -0.2) is 31.4 Å². The second-order valence-electron chi connectivity index (χ2n) is 6.10. The molecule has 1 atom stereocenters. The average molecular weight is 349 g/mol. The minimum atomic E-state index is -0.768. The minimum Gasteiger partial charge on any atom is -0.467 e. The molecule has 3 heterocycles. The average Bonchev–Trinajstić information content (AvgIpc) is 3.32. The molecule has 1 unspecified atom stereocenters. The molecule has 132 valence electrons. The number of benzene rings is 1. The van der Waals surface area contributed by atoms with Crippen LogP contribution >= 0.6 is 0 Å². The molecule has 1 N–H and O–H groups in total. The molecule has 26 heavy (non-hydrogen) atoms. The van der Waals surface area contributed by atoms with Crippen molar-refractivity contribution < 1.29 is 9.52 Å². The lowest BCUT2D eigenvalue weighted by atomic mass is 10.2. The zero-order valence-corrected chi connectivity index (χ0v) is 14.4.